The van der Waals surface area contributed by atoms with Gasteiger partial charge >= 0.3 is 0 Å². The monoisotopic (exact) mass is 478 g/mol. The van der Waals surface area contributed by atoms with Crippen LogP contribution in [0, 0.1) is 18.8 Å². The lowest BCUT2D eigenvalue weighted by atomic mass is 9.81. The first kappa shape index (κ1) is 24.3. The lowest BCUT2D eigenvalue weighted by Gasteiger charge is -2.28. The molecule has 1 aliphatic carbocycles. The minimum Gasteiger partial charge on any atom is -0.480 e. The van der Waals surface area contributed by atoms with Crippen molar-refractivity contribution in [2.75, 3.05) is 31.8 Å². The maximum Gasteiger partial charge on any atom is 0.293 e. The smallest absolute Gasteiger partial charge is 0.293 e. The van der Waals surface area contributed by atoms with Gasteiger partial charge < -0.3 is 24.7 Å². The number of aromatic nitrogens is 1. The number of nitrogens with one attached hydrogen (secondary N) is 2. The molecule has 3 aromatic rings. The number of amides is 3. The van der Waals surface area contributed by atoms with Crippen molar-refractivity contribution in [1.29, 1.82) is 0 Å². The van der Waals surface area contributed by atoms with Crippen molar-refractivity contribution < 1.29 is 23.5 Å². The second-order valence-electron chi connectivity index (χ2n) is 9.09. The average Bonchev–Trinajstić information content (AvgIpc) is 3.23. The summed E-state index contributed by atoms with van der Waals surface area (Å²) in [7, 11) is 4.96. The summed E-state index contributed by atoms with van der Waals surface area (Å²) in [6, 6.07) is 8.99. The van der Waals surface area contributed by atoms with Crippen LogP contribution in [0.3, 0.4) is 0 Å². The van der Waals surface area contributed by atoms with Gasteiger partial charge in [0.15, 0.2) is 0 Å². The van der Waals surface area contributed by atoms with Crippen molar-refractivity contribution in [3.63, 3.8) is 0 Å². The molecule has 0 unspecified atom stereocenters. The molecule has 2 N–H and O–H groups in total. The molecule has 184 valence electrons. The Kier molecular flexibility index (Phi) is 7.04. The molecule has 4 rings (SSSR count). The zero-order valence-electron chi connectivity index (χ0n) is 20.4. The second-order valence-corrected chi connectivity index (χ2v) is 9.09. The molecule has 9 heteroatoms. The van der Waals surface area contributed by atoms with E-state index in [0.29, 0.717) is 42.3 Å². The Hall–Kier alpha value is -3.88. The lowest BCUT2D eigenvalue weighted by molar-refractivity contribution is -0.135. The second kappa shape index (κ2) is 10.2. The first-order chi connectivity index (χ1) is 16.8. The highest BCUT2D eigenvalue weighted by molar-refractivity contribution is 6.15. The van der Waals surface area contributed by atoms with Gasteiger partial charge in [-0.05, 0) is 44.7 Å². The van der Waals surface area contributed by atoms with E-state index in [1.165, 1.54) is 13.3 Å². The summed E-state index contributed by atoms with van der Waals surface area (Å²) >= 11 is 0. The van der Waals surface area contributed by atoms with Crippen LogP contribution < -0.4 is 15.4 Å². The van der Waals surface area contributed by atoms with Crippen molar-refractivity contribution in [3.05, 3.63) is 47.9 Å². The predicted octanol–water partition coefficient (Wildman–Crippen LogP) is 4.23. The zero-order chi connectivity index (χ0) is 25.1. The van der Waals surface area contributed by atoms with Crippen LogP contribution in [0.5, 0.6) is 5.88 Å². The highest BCUT2D eigenvalue weighted by Crippen LogP contribution is 2.38. The number of pyridine rings is 1. The van der Waals surface area contributed by atoms with E-state index in [4.69, 9.17) is 9.15 Å². The van der Waals surface area contributed by atoms with E-state index in [-0.39, 0.29) is 41.0 Å². The van der Waals surface area contributed by atoms with Crippen molar-refractivity contribution >= 4 is 40.1 Å². The minimum absolute atomic E-state index is 0.0308. The van der Waals surface area contributed by atoms with Gasteiger partial charge in [0.2, 0.25) is 23.5 Å². The molecule has 3 amide bonds. The Bertz CT molecular complexity index is 1240. The van der Waals surface area contributed by atoms with Crippen LogP contribution in [0.1, 0.15) is 41.8 Å². The van der Waals surface area contributed by atoms with E-state index < -0.39 is 5.91 Å². The van der Waals surface area contributed by atoms with Gasteiger partial charge in [-0.1, -0.05) is 17.7 Å². The molecule has 0 aliphatic heterocycles. The summed E-state index contributed by atoms with van der Waals surface area (Å²) in [5, 5.41) is 6.16. The minimum atomic E-state index is -0.498. The normalized spacial score (nSPS) is 17.6. The maximum absolute atomic E-state index is 13.2. The van der Waals surface area contributed by atoms with E-state index in [1.54, 1.807) is 37.2 Å². The topological polar surface area (TPSA) is 114 Å². The van der Waals surface area contributed by atoms with Crippen LogP contribution in [-0.2, 0) is 9.59 Å². The number of carbonyl (C=O) groups excluding carboxylic acids is 3. The van der Waals surface area contributed by atoms with E-state index in [1.807, 2.05) is 19.1 Å². The fourth-order valence-corrected chi connectivity index (χ4v) is 4.47. The molecule has 1 aromatic carbocycles. The summed E-state index contributed by atoms with van der Waals surface area (Å²) in [5.41, 5.74) is 2.28. The van der Waals surface area contributed by atoms with Gasteiger partial charge in [0.05, 0.1) is 7.11 Å². The Morgan fingerprint density at radius 3 is 2.29 bits per heavy atom. The molecule has 1 aliphatic rings. The van der Waals surface area contributed by atoms with Crippen molar-refractivity contribution in [3.8, 4) is 5.88 Å². The maximum atomic E-state index is 13.2. The fraction of sp³-hybridized carbons (Fsp3) is 0.385. The van der Waals surface area contributed by atoms with E-state index >= 15 is 0 Å². The quantitative estimate of drug-likeness (QED) is 0.548. The summed E-state index contributed by atoms with van der Waals surface area (Å²) in [6.45, 7) is 1.96. The highest BCUT2D eigenvalue weighted by atomic mass is 16.5. The molecule has 9 nitrogen and oxygen atoms in total. The lowest BCUT2D eigenvalue weighted by Crippen LogP contribution is -2.35. The molecule has 0 atom stereocenters. The number of benzene rings is 1. The number of ether oxygens (including phenoxy) is 1. The molecule has 0 saturated heterocycles. The number of hydrogen-bond donors (Lipinski definition) is 2. The largest absolute Gasteiger partial charge is 0.480 e. The highest BCUT2D eigenvalue weighted by Gasteiger charge is 2.33. The Morgan fingerprint density at radius 2 is 1.66 bits per heavy atom. The third-order valence-corrected chi connectivity index (χ3v) is 6.41. The Balaban J connectivity index is 1.59. The summed E-state index contributed by atoms with van der Waals surface area (Å²) in [4.78, 5) is 44.5. The van der Waals surface area contributed by atoms with Gasteiger partial charge in [0.25, 0.3) is 5.91 Å². The van der Waals surface area contributed by atoms with Crippen molar-refractivity contribution in [2.24, 2.45) is 11.8 Å². The summed E-state index contributed by atoms with van der Waals surface area (Å²) in [5.74, 6) is -0.754. The van der Waals surface area contributed by atoms with Gasteiger partial charge in [0, 0.05) is 43.9 Å². The average molecular weight is 479 g/mol. The summed E-state index contributed by atoms with van der Waals surface area (Å²) in [6.07, 6.45) is 3.99. The number of nitrogens with zero attached hydrogens (tertiary/aromatic N) is 2. The van der Waals surface area contributed by atoms with Gasteiger partial charge in [-0.2, -0.15) is 0 Å². The van der Waals surface area contributed by atoms with E-state index in [2.05, 4.69) is 15.6 Å². The predicted molar refractivity (Wildman–Crippen MR) is 132 cm³/mol. The van der Waals surface area contributed by atoms with Crippen LogP contribution in [0.25, 0.3) is 11.0 Å². The third kappa shape index (κ3) is 5.13. The van der Waals surface area contributed by atoms with Gasteiger partial charge in [0.1, 0.15) is 16.7 Å². The van der Waals surface area contributed by atoms with Crippen LogP contribution in [-0.4, -0.2) is 48.8 Å². The zero-order valence-corrected chi connectivity index (χ0v) is 20.4. The molecule has 1 fully saturated rings. The number of hydrogen-bond acceptors (Lipinski definition) is 6. The van der Waals surface area contributed by atoms with Gasteiger partial charge in [-0.3, -0.25) is 14.4 Å². The van der Waals surface area contributed by atoms with Crippen molar-refractivity contribution in [2.45, 2.75) is 32.6 Å². The number of rotatable bonds is 6. The van der Waals surface area contributed by atoms with Crippen LogP contribution in [0.2, 0.25) is 0 Å². The number of aryl methyl sites for hydroxylation is 1. The number of fused-ring (bicyclic) bond motifs is 1. The van der Waals surface area contributed by atoms with Crippen LogP contribution in [0.15, 0.2) is 40.9 Å². The first-order valence-corrected chi connectivity index (χ1v) is 11.6. The van der Waals surface area contributed by atoms with Gasteiger partial charge in [-0.15, -0.1) is 0 Å². The molecule has 35 heavy (non-hydrogen) atoms. The Labute approximate surface area is 203 Å². The molecule has 1 saturated carbocycles. The molecular weight excluding hydrogens is 448 g/mol. The van der Waals surface area contributed by atoms with Crippen LogP contribution >= 0.6 is 0 Å². The number of carbonyl (C=O) groups is 3. The van der Waals surface area contributed by atoms with Gasteiger partial charge in [-0.25, -0.2) is 4.98 Å². The summed E-state index contributed by atoms with van der Waals surface area (Å²) < 4.78 is 11.3. The third-order valence-electron chi connectivity index (χ3n) is 6.41. The fourth-order valence-electron chi connectivity index (χ4n) is 4.47. The van der Waals surface area contributed by atoms with Crippen LogP contribution in [0.4, 0.5) is 11.4 Å². The number of furan rings is 1. The van der Waals surface area contributed by atoms with Crippen molar-refractivity contribution in [1.82, 2.24) is 9.88 Å². The first-order valence-electron chi connectivity index (χ1n) is 11.6. The SMILES string of the molecule is COc1nccc2oc(C(=O)Nc3ccc(C)cc3)c(NC(=O)[C@H]3CC[C@H](C(=O)N(C)C)CC3)c12. The molecule has 2 heterocycles. The molecule has 2 aromatic heterocycles. The molecule has 0 radical (unpaired) electrons. The standard InChI is InChI=1S/C26H30N4O5/c1-15-5-11-18(12-6-15)28-24(32)22-21(20-19(35-22)13-14-27-25(20)34-4)29-23(31)16-7-9-17(10-8-16)26(33)30(2)3/h5-6,11-14,16-17H,7-10H2,1-4H3,(H,28,32)(H,29,31)/t16-,17-. The number of methoxy groups -OCH3 is 1. The molecule has 0 bridgehead atoms. The van der Waals surface area contributed by atoms with E-state index in [0.717, 1.165) is 5.56 Å². The Morgan fingerprint density at radius 1 is 1.00 bits per heavy atom. The molecular formula is C26H30N4O5. The van der Waals surface area contributed by atoms with E-state index in [9.17, 15) is 14.4 Å². The molecule has 0 spiro atoms. The number of anilines is 2.